The summed E-state index contributed by atoms with van der Waals surface area (Å²) in [7, 11) is 0. The van der Waals surface area contributed by atoms with Crippen LogP contribution < -0.4 is 0 Å². The number of esters is 1. The Morgan fingerprint density at radius 1 is 0.850 bits per heavy atom. The highest BCUT2D eigenvalue weighted by Gasteiger charge is 2.08. The molecule has 118 valence electrons. The molecule has 0 fully saturated rings. The minimum Gasteiger partial charge on any atom is -0.463 e. The number of rotatable bonds is 13. The molecule has 1 atom stereocenters. The van der Waals surface area contributed by atoms with E-state index in [0.29, 0.717) is 5.78 Å². The van der Waals surface area contributed by atoms with Crippen molar-refractivity contribution in [3.05, 3.63) is 0 Å². The first-order chi connectivity index (χ1) is 9.56. The summed E-state index contributed by atoms with van der Waals surface area (Å²) in [6, 6.07) is 0. The van der Waals surface area contributed by atoms with Gasteiger partial charge in [0.05, 0.1) is 0 Å². The van der Waals surface area contributed by atoms with Gasteiger partial charge in [-0.05, 0) is 32.6 Å². The number of hydrogen-bond donors (Lipinski definition) is 0. The molecule has 0 amide bonds. The van der Waals surface area contributed by atoms with Crippen LogP contribution >= 0.6 is 0 Å². The second-order valence-corrected chi connectivity index (χ2v) is 5.71. The Morgan fingerprint density at radius 2 is 1.35 bits per heavy atom. The second kappa shape index (κ2) is 13.1. The maximum absolute atomic E-state index is 10.9. The van der Waals surface area contributed by atoms with Crippen molar-refractivity contribution in [1.82, 2.24) is 0 Å². The third-order valence-corrected chi connectivity index (χ3v) is 3.59. The van der Waals surface area contributed by atoms with Crippen LogP contribution in [0.15, 0.2) is 0 Å². The molecule has 20 heavy (non-hydrogen) atoms. The molecule has 0 rings (SSSR count). The van der Waals surface area contributed by atoms with Crippen LogP contribution in [0.4, 0.5) is 0 Å². The molecule has 0 heterocycles. The summed E-state index contributed by atoms with van der Waals surface area (Å²) in [6.07, 6.45) is 12.4. The van der Waals surface area contributed by atoms with Crippen LogP contribution in [0.3, 0.4) is 0 Å². The Kier molecular flexibility index (Phi) is 12.6. The van der Waals surface area contributed by atoms with Gasteiger partial charge in [-0.1, -0.05) is 45.4 Å². The Labute approximate surface area is 124 Å². The van der Waals surface area contributed by atoms with E-state index >= 15 is 0 Å². The molecule has 0 aliphatic rings. The molecule has 0 aromatic heterocycles. The topological polar surface area (TPSA) is 43.4 Å². The highest BCUT2D eigenvalue weighted by Crippen LogP contribution is 2.14. The number of ketones is 1. The molecule has 0 radical (unpaired) electrons. The van der Waals surface area contributed by atoms with Gasteiger partial charge in [-0.2, -0.15) is 0 Å². The number of Topliss-reactive ketones (excluding diaryl/α,β-unsaturated/α-hetero) is 1. The summed E-state index contributed by atoms with van der Waals surface area (Å²) in [4.78, 5) is 21.6. The largest absolute Gasteiger partial charge is 0.463 e. The smallest absolute Gasteiger partial charge is 0.302 e. The molecule has 0 bridgehead atoms. The lowest BCUT2D eigenvalue weighted by Gasteiger charge is -2.14. The SMILES string of the molecule is CCC(CCCCCCCCCCC(C)=O)OC(C)=O. The first-order valence-electron chi connectivity index (χ1n) is 8.23. The summed E-state index contributed by atoms with van der Waals surface area (Å²) in [6.45, 7) is 5.21. The van der Waals surface area contributed by atoms with Crippen LogP contribution in [0.2, 0.25) is 0 Å². The van der Waals surface area contributed by atoms with Crippen LogP contribution in [0.5, 0.6) is 0 Å². The van der Waals surface area contributed by atoms with E-state index in [2.05, 4.69) is 6.92 Å². The highest BCUT2D eigenvalue weighted by atomic mass is 16.5. The first kappa shape index (κ1) is 19.1. The molecular formula is C17H32O3. The number of carbonyl (C=O) groups is 2. The fourth-order valence-electron chi connectivity index (χ4n) is 2.39. The van der Waals surface area contributed by atoms with Crippen molar-refractivity contribution in [2.75, 3.05) is 0 Å². The summed E-state index contributed by atoms with van der Waals surface area (Å²) in [5.41, 5.74) is 0. The third-order valence-electron chi connectivity index (χ3n) is 3.59. The van der Waals surface area contributed by atoms with Gasteiger partial charge >= 0.3 is 5.97 Å². The van der Waals surface area contributed by atoms with Crippen LogP contribution in [-0.2, 0) is 14.3 Å². The van der Waals surface area contributed by atoms with Gasteiger partial charge in [-0.15, -0.1) is 0 Å². The maximum Gasteiger partial charge on any atom is 0.302 e. The standard InChI is InChI=1S/C17H32O3/c1-4-17(20-16(3)19)14-12-10-8-6-5-7-9-11-13-15(2)18/h17H,4-14H2,1-3H3. The van der Waals surface area contributed by atoms with Gasteiger partial charge < -0.3 is 9.53 Å². The highest BCUT2D eigenvalue weighted by molar-refractivity contribution is 5.75. The summed E-state index contributed by atoms with van der Waals surface area (Å²) < 4.78 is 5.22. The zero-order valence-corrected chi connectivity index (χ0v) is 13.6. The van der Waals surface area contributed by atoms with E-state index < -0.39 is 0 Å². The molecule has 0 spiro atoms. The average Bonchev–Trinajstić information content (AvgIpc) is 2.38. The van der Waals surface area contributed by atoms with Crippen molar-refractivity contribution in [2.24, 2.45) is 0 Å². The Morgan fingerprint density at radius 3 is 1.80 bits per heavy atom. The van der Waals surface area contributed by atoms with E-state index in [1.54, 1.807) is 6.92 Å². The zero-order chi connectivity index (χ0) is 15.2. The first-order valence-corrected chi connectivity index (χ1v) is 8.23. The van der Waals surface area contributed by atoms with Crippen LogP contribution in [0.25, 0.3) is 0 Å². The van der Waals surface area contributed by atoms with Gasteiger partial charge in [0.25, 0.3) is 0 Å². The molecule has 0 saturated carbocycles. The lowest BCUT2D eigenvalue weighted by Crippen LogP contribution is -2.14. The molecule has 0 N–H and O–H groups in total. The van der Waals surface area contributed by atoms with E-state index in [4.69, 9.17) is 4.74 Å². The van der Waals surface area contributed by atoms with E-state index in [0.717, 1.165) is 32.1 Å². The van der Waals surface area contributed by atoms with Crippen LogP contribution in [-0.4, -0.2) is 17.9 Å². The maximum atomic E-state index is 10.9. The Balaban J connectivity index is 3.27. The van der Waals surface area contributed by atoms with Crippen molar-refractivity contribution in [1.29, 1.82) is 0 Å². The van der Waals surface area contributed by atoms with Gasteiger partial charge in [-0.3, -0.25) is 4.79 Å². The molecule has 0 aromatic carbocycles. The van der Waals surface area contributed by atoms with Crippen LogP contribution in [0, 0.1) is 0 Å². The molecular weight excluding hydrogens is 252 g/mol. The predicted molar refractivity (Wildman–Crippen MR) is 82.7 cm³/mol. The lowest BCUT2D eigenvalue weighted by molar-refractivity contribution is -0.146. The molecule has 3 heteroatoms. The normalized spacial score (nSPS) is 12.2. The van der Waals surface area contributed by atoms with E-state index in [-0.39, 0.29) is 12.1 Å². The van der Waals surface area contributed by atoms with Crippen LogP contribution in [0.1, 0.15) is 91.4 Å². The summed E-state index contributed by atoms with van der Waals surface area (Å²) in [5, 5.41) is 0. The van der Waals surface area contributed by atoms with Crippen molar-refractivity contribution in [2.45, 2.75) is 97.5 Å². The lowest BCUT2D eigenvalue weighted by atomic mass is 10.0. The van der Waals surface area contributed by atoms with E-state index in [1.165, 1.54) is 45.4 Å². The van der Waals surface area contributed by atoms with E-state index in [9.17, 15) is 9.59 Å². The monoisotopic (exact) mass is 284 g/mol. The quantitative estimate of drug-likeness (QED) is 0.360. The number of hydrogen-bond acceptors (Lipinski definition) is 3. The van der Waals surface area contributed by atoms with Gasteiger partial charge in [0, 0.05) is 13.3 Å². The Hall–Kier alpha value is -0.860. The van der Waals surface area contributed by atoms with E-state index in [1.807, 2.05) is 0 Å². The van der Waals surface area contributed by atoms with Crippen molar-refractivity contribution in [3.63, 3.8) is 0 Å². The van der Waals surface area contributed by atoms with Crippen molar-refractivity contribution in [3.8, 4) is 0 Å². The molecule has 3 nitrogen and oxygen atoms in total. The van der Waals surface area contributed by atoms with Gasteiger partial charge in [0.15, 0.2) is 0 Å². The van der Waals surface area contributed by atoms with Gasteiger partial charge in [0.2, 0.25) is 0 Å². The number of unbranched alkanes of at least 4 members (excludes halogenated alkanes) is 7. The fraction of sp³-hybridized carbons (Fsp3) is 0.882. The minimum atomic E-state index is -0.164. The molecule has 0 aromatic rings. The zero-order valence-electron chi connectivity index (χ0n) is 13.6. The van der Waals surface area contributed by atoms with Gasteiger partial charge in [-0.25, -0.2) is 0 Å². The van der Waals surface area contributed by atoms with Gasteiger partial charge in [0.1, 0.15) is 11.9 Å². The molecule has 0 aliphatic heterocycles. The molecule has 0 aliphatic carbocycles. The summed E-state index contributed by atoms with van der Waals surface area (Å²) in [5.74, 6) is 0.144. The summed E-state index contributed by atoms with van der Waals surface area (Å²) >= 11 is 0. The fourth-order valence-corrected chi connectivity index (χ4v) is 2.39. The minimum absolute atomic E-state index is 0.110. The number of ether oxygens (including phenoxy) is 1. The van der Waals surface area contributed by atoms with Crippen molar-refractivity contribution < 1.29 is 14.3 Å². The Bertz CT molecular complexity index is 261. The molecule has 1 unspecified atom stereocenters. The van der Waals surface area contributed by atoms with Crippen molar-refractivity contribution >= 4 is 11.8 Å². The molecule has 0 saturated heterocycles. The second-order valence-electron chi connectivity index (χ2n) is 5.71. The third kappa shape index (κ3) is 13.6. The average molecular weight is 284 g/mol. The predicted octanol–water partition coefficient (Wildman–Crippen LogP) is 4.82. The number of carbonyl (C=O) groups excluding carboxylic acids is 2.